The van der Waals surface area contributed by atoms with Crippen molar-refractivity contribution in [1.82, 2.24) is 25.1 Å². The van der Waals surface area contributed by atoms with Crippen molar-refractivity contribution in [2.45, 2.75) is 101 Å². The molecule has 4 heterocycles. The number of nitrogens with zero attached hydrogens (tertiary/aromatic N) is 3. The molecule has 1 atom stereocenters. The Morgan fingerprint density at radius 1 is 1.09 bits per heavy atom. The van der Waals surface area contributed by atoms with Crippen LogP contribution in [0.25, 0.3) is 10.2 Å². The van der Waals surface area contributed by atoms with Crippen LogP contribution in [0, 0.1) is 0 Å². The molecule has 4 N–H and O–H groups in total. The Morgan fingerprint density at radius 2 is 1.83 bits per heavy atom. The van der Waals surface area contributed by atoms with Crippen molar-refractivity contribution >= 4 is 38.8 Å². The van der Waals surface area contributed by atoms with E-state index >= 15 is 0 Å². The lowest BCUT2D eigenvalue weighted by molar-refractivity contribution is -0.127. The van der Waals surface area contributed by atoms with E-state index in [1.54, 1.807) is 17.4 Å². The number of H-pyrrole nitrogens is 1. The molecule has 1 saturated carbocycles. The Hall–Kier alpha value is -2.35. The SMILES string of the molecule is O=C(c1csc(C2CCCC2)n1)N1CCOC2(CCN(CCCCCCCCCNCC(O)c3ccc(O)c4[nH]c(=O)sc34)CC2)C1. The molecular formula is C35H51N5O5S2. The molecule has 2 aliphatic heterocycles. The normalized spacial score (nSPS) is 19.6. The number of aliphatic hydroxyl groups excluding tert-OH is 1. The number of phenolic OH excluding ortho intramolecular Hbond substituents is 1. The Kier molecular flexibility index (Phi) is 12.0. The molecule has 3 aromatic rings. The summed E-state index contributed by atoms with van der Waals surface area (Å²) in [5.74, 6) is 0.658. The Bertz CT molecular complexity index is 1510. The monoisotopic (exact) mass is 685 g/mol. The lowest BCUT2D eigenvalue weighted by Gasteiger charge is -2.47. The van der Waals surface area contributed by atoms with Crippen molar-refractivity contribution in [3.05, 3.63) is 43.4 Å². The number of carbonyl (C=O) groups is 1. The number of hydrogen-bond donors (Lipinski definition) is 4. The van der Waals surface area contributed by atoms with Gasteiger partial charge in [-0.3, -0.25) is 9.59 Å². The van der Waals surface area contributed by atoms with Gasteiger partial charge in [-0.15, -0.1) is 11.3 Å². The van der Waals surface area contributed by atoms with Gasteiger partial charge in [0.2, 0.25) is 0 Å². The highest BCUT2D eigenvalue weighted by molar-refractivity contribution is 7.16. The van der Waals surface area contributed by atoms with Gasteiger partial charge in [0.15, 0.2) is 0 Å². The number of aliphatic hydroxyl groups is 1. The standard InChI is InChI=1S/C35H51N5O5S2/c41-28-13-12-26(31-30(28)38-34(44)47-31)29(42)22-36-16-8-4-2-1-3-5-9-17-39-18-14-35(15-19-39)24-40(20-21-45-35)33(43)27-23-46-32(37-27)25-10-6-7-11-25/h12-13,23,25,29,36,41-42H,1-11,14-22,24H2,(H,38,44). The summed E-state index contributed by atoms with van der Waals surface area (Å²) >= 11 is 2.68. The third kappa shape index (κ3) is 8.82. The summed E-state index contributed by atoms with van der Waals surface area (Å²) in [7, 11) is 0. The number of ether oxygens (including phenoxy) is 1. The van der Waals surface area contributed by atoms with E-state index < -0.39 is 6.10 Å². The van der Waals surface area contributed by atoms with E-state index in [4.69, 9.17) is 9.72 Å². The van der Waals surface area contributed by atoms with Crippen LogP contribution in [0.15, 0.2) is 22.3 Å². The largest absolute Gasteiger partial charge is 0.506 e. The molecule has 3 fully saturated rings. The van der Waals surface area contributed by atoms with Gasteiger partial charge in [0.25, 0.3) is 5.91 Å². The second kappa shape index (κ2) is 16.4. The van der Waals surface area contributed by atoms with Gasteiger partial charge in [-0.1, -0.05) is 62.3 Å². The summed E-state index contributed by atoms with van der Waals surface area (Å²) in [5, 5.41) is 27.0. The molecule has 10 nitrogen and oxygen atoms in total. The number of rotatable bonds is 15. The minimum Gasteiger partial charge on any atom is -0.506 e. The number of fused-ring (bicyclic) bond motifs is 1. The first-order chi connectivity index (χ1) is 22.9. The van der Waals surface area contributed by atoms with Crippen LogP contribution in [0.3, 0.4) is 0 Å². The first kappa shape index (κ1) is 34.5. The minimum atomic E-state index is -0.729. The van der Waals surface area contributed by atoms with E-state index in [9.17, 15) is 19.8 Å². The summed E-state index contributed by atoms with van der Waals surface area (Å²) < 4.78 is 6.96. The van der Waals surface area contributed by atoms with Gasteiger partial charge in [0.05, 0.1) is 34.6 Å². The molecule has 0 radical (unpaired) electrons. The molecule has 1 unspecified atom stereocenters. The third-order valence-electron chi connectivity index (χ3n) is 10.4. The van der Waals surface area contributed by atoms with Crippen LogP contribution >= 0.6 is 22.7 Å². The number of thiazole rings is 2. The van der Waals surface area contributed by atoms with Crippen LogP contribution < -0.4 is 10.2 Å². The highest BCUT2D eigenvalue weighted by Gasteiger charge is 2.41. The maximum atomic E-state index is 13.3. The van der Waals surface area contributed by atoms with Gasteiger partial charge in [0, 0.05) is 43.0 Å². The number of aromatic nitrogens is 2. The van der Waals surface area contributed by atoms with E-state index in [1.807, 2.05) is 10.3 Å². The molecule has 258 valence electrons. The maximum Gasteiger partial charge on any atom is 0.305 e. The smallest absolute Gasteiger partial charge is 0.305 e. The summed E-state index contributed by atoms with van der Waals surface area (Å²) in [6.45, 7) is 6.44. The fourth-order valence-corrected chi connectivity index (χ4v) is 9.42. The molecule has 47 heavy (non-hydrogen) atoms. The molecule has 3 aliphatic rings. The molecule has 2 aromatic heterocycles. The average Bonchev–Trinajstić information content (AvgIpc) is 3.86. The highest BCUT2D eigenvalue weighted by Crippen LogP contribution is 2.36. The number of aromatic amines is 1. The number of unbranched alkanes of at least 4 members (excludes halogenated alkanes) is 6. The fourth-order valence-electron chi connectivity index (χ4n) is 7.53. The number of likely N-dealkylation sites (tertiary alicyclic amines) is 1. The molecule has 1 aliphatic carbocycles. The van der Waals surface area contributed by atoms with Gasteiger partial charge < -0.3 is 35.1 Å². The van der Waals surface area contributed by atoms with E-state index in [0.29, 0.717) is 53.6 Å². The zero-order chi connectivity index (χ0) is 32.6. The number of carbonyl (C=O) groups excluding carboxylic acids is 1. The van der Waals surface area contributed by atoms with Crippen molar-refractivity contribution in [1.29, 1.82) is 0 Å². The van der Waals surface area contributed by atoms with Crippen molar-refractivity contribution < 1.29 is 19.7 Å². The van der Waals surface area contributed by atoms with E-state index in [-0.39, 0.29) is 22.1 Å². The number of amides is 1. The quantitative estimate of drug-likeness (QED) is 0.148. The molecule has 1 aromatic carbocycles. The van der Waals surface area contributed by atoms with Crippen LogP contribution in [-0.2, 0) is 4.74 Å². The van der Waals surface area contributed by atoms with Crippen molar-refractivity contribution in [2.75, 3.05) is 52.4 Å². The first-order valence-electron chi connectivity index (χ1n) is 17.8. The summed E-state index contributed by atoms with van der Waals surface area (Å²) in [6.07, 6.45) is 14.7. The van der Waals surface area contributed by atoms with Crippen molar-refractivity contribution in [3.8, 4) is 5.75 Å². The predicted octanol–water partition coefficient (Wildman–Crippen LogP) is 5.77. The minimum absolute atomic E-state index is 0.0264. The molecule has 6 rings (SSSR count). The Morgan fingerprint density at radius 3 is 2.62 bits per heavy atom. The van der Waals surface area contributed by atoms with Gasteiger partial charge in [-0.2, -0.15) is 0 Å². The van der Waals surface area contributed by atoms with Crippen molar-refractivity contribution in [2.24, 2.45) is 0 Å². The van der Waals surface area contributed by atoms with Gasteiger partial charge >= 0.3 is 4.87 Å². The molecule has 12 heteroatoms. The summed E-state index contributed by atoms with van der Waals surface area (Å²) in [5.41, 5.74) is 1.49. The molecule has 2 saturated heterocycles. The van der Waals surface area contributed by atoms with E-state index in [1.165, 1.54) is 70.3 Å². The molecule has 0 bridgehead atoms. The Labute approximate surface area is 285 Å². The average molecular weight is 686 g/mol. The maximum absolute atomic E-state index is 13.3. The van der Waals surface area contributed by atoms with Crippen LogP contribution in [0.1, 0.15) is 117 Å². The van der Waals surface area contributed by atoms with Crippen LogP contribution in [0.4, 0.5) is 0 Å². The van der Waals surface area contributed by atoms with E-state index in [2.05, 4.69) is 15.2 Å². The Balaban J connectivity index is 0.797. The van der Waals surface area contributed by atoms with Crippen LogP contribution in [0.2, 0.25) is 0 Å². The molecule has 1 spiro atoms. The summed E-state index contributed by atoms with van der Waals surface area (Å²) in [4.78, 5) is 36.8. The lowest BCUT2D eigenvalue weighted by atomic mass is 9.89. The zero-order valence-electron chi connectivity index (χ0n) is 27.5. The molecular weight excluding hydrogens is 635 g/mol. The number of piperidine rings is 1. The second-order valence-corrected chi connectivity index (χ2v) is 15.6. The number of benzene rings is 1. The second-order valence-electron chi connectivity index (χ2n) is 13.7. The van der Waals surface area contributed by atoms with Gasteiger partial charge in [0.1, 0.15) is 17.0 Å². The highest BCUT2D eigenvalue weighted by atomic mass is 32.1. The summed E-state index contributed by atoms with van der Waals surface area (Å²) in [6, 6.07) is 3.21. The number of hydrogen-bond acceptors (Lipinski definition) is 10. The van der Waals surface area contributed by atoms with Gasteiger partial charge in [-0.05, 0) is 57.7 Å². The topological polar surface area (TPSA) is 131 Å². The van der Waals surface area contributed by atoms with E-state index in [0.717, 1.165) is 61.8 Å². The number of aromatic hydroxyl groups is 1. The predicted molar refractivity (Wildman–Crippen MR) is 188 cm³/mol. The van der Waals surface area contributed by atoms with Crippen molar-refractivity contribution in [3.63, 3.8) is 0 Å². The first-order valence-corrected chi connectivity index (χ1v) is 19.4. The van der Waals surface area contributed by atoms with Crippen LogP contribution in [-0.4, -0.2) is 93.9 Å². The third-order valence-corrected chi connectivity index (χ3v) is 12.3. The lowest BCUT2D eigenvalue weighted by Crippen LogP contribution is -2.58. The number of nitrogens with one attached hydrogen (secondary N) is 2. The zero-order valence-corrected chi connectivity index (χ0v) is 29.1. The number of phenols is 1. The fraction of sp³-hybridized carbons (Fsp3) is 0.686. The molecule has 1 amide bonds. The number of morpholine rings is 1. The van der Waals surface area contributed by atoms with Crippen LogP contribution in [0.5, 0.6) is 5.75 Å². The van der Waals surface area contributed by atoms with Gasteiger partial charge in [-0.25, -0.2) is 4.98 Å².